The molecule has 4 nitrogen and oxygen atoms in total. The van der Waals surface area contributed by atoms with Crippen LogP contribution in [0.15, 0.2) is 40.6 Å². The van der Waals surface area contributed by atoms with Crippen LogP contribution in [-0.4, -0.2) is 31.4 Å². The maximum absolute atomic E-state index is 12.8. The predicted molar refractivity (Wildman–Crippen MR) is 80.5 cm³/mol. The molecule has 1 aromatic carbocycles. The minimum absolute atomic E-state index is 0.112. The van der Waals surface area contributed by atoms with E-state index in [0.717, 1.165) is 15.6 Å². The fourth-order valence-corrected chi connectivity index (χ4v) is 4.59. The molecule has 0 aliphatic heterocycles. The number of likely N-dealkylation sites (N-methyl/N-ethyl adjacent to an activating group) is 1. The highest BCUT2D eigenvalue weighted by Gasteiger charge is 2.25. The summed E-state index contributed by atoms with van der Waals surface area (Å²) in [5, 5.41) is 10.0. The van der Waals surface area contributed by atoms with Gasteiger partial charge in [-0.15, -0.1) is 11.3 Å². The summed E-state index contributed by atoms with van der Waals surface area (Å²) in [6, 6.07) is 8.19. The van der Waals surface area contributed by atoms with Crippen LogP contribution in [0.3, 0.4) is 0 Å². The summed E-state index contributed by atoms with van der Waals surface area (Å²) in [6.07, 6.45) is -1.04. The zero-order chi connectivity index (χ0) is 15.6. The average Bonchev–Trinajstić information content (AvgIpc) is 2.86. The Morgan fingerprint density at radius 2 is 1.90 bits per heavy atom. The highest BCUT2D eigenvalue weighted by molar-refractivity contribution is 7.91. The number of halogens is 2. The zero-order valence-electron chi connectivity index (χ0n) is 11.0. The molecule has 8 heteroatoms. The lowest BCUT2D eigenvalue weighted by Crippen LogP contribution is -2.30. The third-order valence-electron chi connectivity index (χ3n) is 2.90. The molecular weight excluding hydrogens is 337 g/mol. The van der Waals surface area contributed by atoms with Crippen molar-refractivity contribution < 1.29 is 17.9 Å². The van der Waals surface area contributed by atoms with Crippen LogP contribution in [-0.2, 0) is 10.0 Å². The van der Waals surface area contributed by atoms with Gasteiger partial charge in [-0.05, 0) is 29.8 Å². The van der Waals surface area contributed by atoms with Gasteiger partial charge in [0.25, 0.3) is 10.0 Å². The van der Waals surface area contributed by atoms with Gasteiger partial charge < -0.3 is 5.11 Å². The van der Waals surface area contributed by atoms with Crippen LogP contribution < -0.4 is 0 Å². The van der Waals surface area contributed by atoms with E-state index in [-0.39, 0.29) is 10.8 Å². The molecule has 0 bridgehead atoms. The van der Waals surface area contributed by atoms with E-state index in [1.807, 2.05) is 0 Å². The molecule has 1 heterocycles. The van der Waals surface area contributed by atoms with Gasteiger partial charge >= 0.3 is 0 Å². The van der Waals surface area contributed by atoms with Crippen LogP contribution in [0.4, 0.5) is 4.39 Å². The summed E-state index contributed by atoms with van der Waals surface area (Å²) >= 11 is 6.69. The number of thiophene rings is 1. The third-order valence-corrected chi connectivity index (χ3v) is 6.42. The number of benzene rings is 1. The maximum Gasteiger partial charge on any atom is 0.252 e. The van der Waals surface area contributed by atoms with Gasteiger partial charge in [0.05, 0.1) is 10.4 Å². The molecule has 1 atom stereocenters. The zero-order valence-corrected chi connectivity index (χ0v) is 13.4. The summed E-state index contributed by atoms with van der Waals surface area (Å²) in [5.74, 6) is -0.417. The van der Waals surface area contributed by atoms with E-state index in [9.17, 15) is 17.9 Å². The van der Waals surface area contributed by atoms with E-state index in [1.54, 1.807) is 0 Å². The Kier molecular flexibility index (Phi) is 5.00. The minimum atomic E-state index is -3.70. The molecule has 0 amide bonds. The highest BCUT2D eigenvalue weighted by Crippen LogP contribution is 2.28. The Balaban J connectivity index is 2.13. The molecule has 21 heavy (non-hydrogen) atoms. The van der Waals surface area contributed by atoms with Gasteiger partial charge in [-0.1, -0.05) is 23.7 Å². The van der Waals surface area contributed by atoms with Crippen LogP contribution in [0.5, 0.6) is 0 Å². The summed E-state index contributed by atoms with van der Waals surface area (Å²) in [6.45, 7) is -0.135. The van der Waals surface area contributed by atoms with Crippen molar-refractivity contribution in [1.29, 1.82) is 0 Å². The number of sulfonamides is 1. The summed E-state index contributed by atoms with van der Waals surface area (Å²) in [4.78, 5) is 0. The quantitative estimate of drug-likeness (QED) is 0.903. The minimum Gasteiger partial charge on any atom is -0.387 e. The van der Waals surface area contributed by atoms with E-state index in [4.69, 9.17) is 11.6 Å². The fraction of sp³-hybridized carbons (Fsp3) is 0.231. The van der Waals surface area contributed by atoms with Crippen molar-refractivity contribution in [3.63, 3.8) is 0 Å². The second kappa shape index (κ2) is 6.41. The second-order valence-corrected chi connectivity index (χ2v) is 8.40. The normalized spacial score (nSPS) is 13.6. The van der Waals surface area contributed by atoms with Crippen molar-refractivity contribution >= 4 is 33.0 Å². The predicted octanol–water partition coefficient (Wildman–Crippen LogP) is 2.89. The van der Waals surface area contributed by atoms with Gasteiger partial charge in [0.1, 0.15) is 10.0 Å². The molecule has 1 unspecified atom stereocenters. The van der Waals surface area contributed by atoms with Crippen LogP contribution in [0, 0.1) is 5.82 Å². The number of nitrogens with zero attached hydrogens (tertiary/aromatic N) is 1. The van der Waals surface area contributed by atoms with Crippen molar-refractivity contribution in [2.45, 2.75) is 10.3 Å². The molecule has 2 aromatic rings. The van der Waals surface area contributed by atoms with E-state index in [2.05, 4.69) is 0 Å². The molecule has 2 rings (SSSR count). The molecule has 0 saturated heterocycles. The molecule has 0 fully saturated rings. The van der Waals surface area contributed by atoms with Crippen molar-refractivity contribution in [2.24, 2.45) is 0 Å². The first-order valence-electron chi connectivity index (χ1n) is 5.96. The van der Waals surface area contributed by atoms with Gasteiger partial charge in [0.15, 0.2) is 0 Å². The van der Waals surface area contributed by atoms with Gasteiger partial charge in [-0.3, -0.25) is 0 Å². The molecule has 1 N–H and O–H groups in total. The lowest BCUT2D eigenvalue weighted by atomic mass is 10.1. The fourth-order valence-electron chi connectivity index (χ4n) is 1.72. The summed E-state index contributed by atoms with van der Waals surface area (Å²) < 4.78 is 38.9. The second-order valence-electron chi connectivity index (χ2n) is 4.41. The van der Waals surface area contributed by atoms with Crippen molar-refractivity contribution in [3.05, 3.63) is 52.1 Å². The number of aliphatic hydroxyl groups is 1. The molecule has 0 aliphatic carbocycles. The van der Waals surface area contributed by atoms with E-state index >= 15 is 0 Å². The Labute approximate surface area is 131 Å². The highest BCUT2D eigenvalue weighted by atomic mass is 35.5. The third kappa shape index (κ3) is 3.81. The lowest BCUT2D eigenvalue weighted by Gasteiger charge is -2.20. The van der Waals surface area contributed by atoms with E-state index in [1.165, 1.54) is 43.4 Å². The summed E-state index contributed by atoms with van der Waals surface area (Å²) in [5.41, 5.74) is 0.447. The van der Waals surface area contributed by atoms with Gasteiger partial charge in [0, 0.05) is 13.6 Å². The van der Waals surface area contributed by atoms with E-state index in [0.29, 0.717) is 9.90 Å². The van der Waals surface area contributed by atoms with Crippen molar-refractivity contribution in [2.75, 3.05) is 13.6 Å². The van der Waals surface area contributed by atoms with Gasteiger partial charge in [-0.25, -0.2) is 12.8 Å². The first-order valence-corrected chi connectivity index (χ1v) is 8.59. The van der Waals surface area contributed by atoms with Crippen LogP contribution >= 0.6 is 22.9 Å². The maximum atomic E-state index is 12.8. The van der Waals surface area contributed by atoms with Crippen molar-refractivity contribution in [1.82, 2.24) is 4.31 Å². The van der Waals surface area contributed by atoms with Gasteiger partial charge in [-0.2, -0.15) is 4.31 Å². The average molecular weight is 350 g/mol. The monoisotopic (exact) mass is 349 g/mol. The van der Waals surface area contributed by atoms with Crippen molar-refractivity contribution in [3.8, 4) is 0 Å². The molecule has 0 saturated carbocycles. The number of hydrogen-bond donors (Lipinski definition) is 1. The molecule has 0 radical (unpaired) electrons. The first-order chi connectivity index (χ1) is 9.80. The Bertz CT molecular complexity index is 715. The molecule has 1 aromatic heterocycles. The van der Waals surface area contributed by atoms with Crippen LogP contribution in [0.2, 0.25) is 4.34 Å². The number of aliphatic hydroxyl groups excluding tert-OH is 1. The summed E-state index contributed by atoms with van der Waals surface area (Å²) in [7, 11) is -2.33. The Morgan fingerprint density at radius 3 is 2.43 bits per heavy atom. The van der Waals surface area contributed by atoms with E-state index < -0.39 is 21.9 Å². The first kappa shape index (κ1) is 16.4. The standard InChI is InChI=1S/C13H13ClFNO3S2/c1-16(21(18,19)13-7-6-12(14)20-13)8-11(17)9-2-4-10(15)5-3-9/h2-7,11,17H,8H2,1H3. The number of hydrogen-bond acceptors (Lipinski definition) is 4. The Hall–Kier alpha value is -0.990. The topological polar surface area (TPSA) is 57.6 Å². The molecule has 114 valence electrons. The molecular formula is C13H13ClFNO3S2. The molecule has 0 aliphatic rings. The Morgan fingerprint density at radius 1 is 1.29 bits per heavy atom. The number of rotatable bonds is 5. The lowest BCUT2D eigenvalue weighted by molar-refractivity contribution is 0.155. The molecule has 0 spiro atoms. The van der Waals surface area contributed by atoms with Gasteiger partial charge in [0.2, 0.25) is 0 Å². The van der Waals surface area contributed by atoms with Crippen LogP contribution in [0.1, 0.15) is 11.7 Å². The largest absolute Gasteiger partial charge is 0.387 e. The SMILES string of the molecule is CN(CC(O)c1ccc(F)cc1)S(=O)(=O)c1ccc(Cl)s1. The van der Waals surface area contributed by atoms with Crippen LogP contribution in [0.25, 0.3) is 0 Å². The smallest absolute Gasteiger partial charge is 0.252 e.